The van der Waals surface area contributed by atoms with Gasteiger partial charge in [0.15, 0.2) is 6.29 Å². The van der Waals surface area contributed by atoms with Crippen molar-refractivity contribution in [3.05, 3.63) is 12.2 Å². The first-order valence-electron chi connectivity index (χ1n) is 4.61. The van der Waals surface area contributed by atoms with Crippen LogP contribution in [0.1, 0.15) is 32.6 Å². The highest BCUT2D eigenvalue weighted by atomic mass is 16.7. The smallest absolute Gasteiger partial charge is 0.161 e. The van der Waals surface area contributed by atoms with Gasteiger partial charge < -0.3 is 9.47 Å². The third-order valence-electron chi connectivity index (χ3n) is 2.19. The van der Waals surface area contributed by atoms with Crippen molar-refractivity contribution >= 4 is 0 Å². The summed E-state index contributed by atoms with van der Waals surface area (Å²) in [6, 6.07) is 0. The van der Waals surface area contributed by atoms with Crippen LogP contribution in [0, 0.1) is 0 Å². The van der Waals surface area contributed by atoms with Gasteiger partial charge in [0.25, 0.3) is 0 Å². The molecule has 0 amide bonds. The Kier molecular flexibility index (Phi) is 3.76. The molecule has 1 aliphatic heterocycles. The standard InChI is InChI=1S/C10H18O2/c1-4-5-9-6-8(2)7-10(11-3)12-9/h9-10H,2,4-7H2,1,3H3/t9-,10?/m1/s1. The van der Waals surface area contributed by atoms with Crippen LogP contribution in [-0.4, -0.2) is 19.5 Å². The van der Waals surface area contributed by atoms with Crippen LogP contribution in [-0.2, 0) is 9.47 Å². The minimum absolute atomic E-state index is 0.0530. The van der Waals surface area contributed by atoms with Crippen LogP contribution >= 0.6 is 0 Å². The van der Waals surface area contributed by atoms with E-state index in [1.807, 2.05) is 0 Å². The van der Waals surface area contributed by atoms with Crippen molar-refractivity contribution in [2.75, 3.05) is 7.11 Å². The van der Waals surface area contributed by atoms with Gasteiger partial charge in [-0.3, -0.25) is 0 Å². The predicted molar refractivity (Wildman–Crippen MR) is 49.0 cm³/mol. The molecule has 0 bridgehead atoms. The molecule has 2 atom stereocenters. The van der Waals surface area contributed by atoms with Crippen LogP contribution in [0.15, 0.2) is 12.2 Å². The summed E-state index contributed by atoms with van der Waals surface area (Å²) in [6.07, 6.45) is 4.42. The zero-order chi connectivity index (χ0) is 8.97. The average Bonchev–Trinajstić information content (AvgIpc) is 2.04. The molecule has 0 aromatic carbocycles. The third kappa shape index (κ3) is 2.61. The van der Waals surface area contributed by atoms with Gasteiger partial charge in [-0.2, -0.15) is 0 Å². The Labute approximate surface area is 74.6 Å². The Hall–Kier alpha value is -0.340. The van der Waals surface area contributed by atoms with E-state index in [0.717, 1.165) is 25.7 Å². The summed E-state index contributed by atoms with van der Waals surface area (Å²) >= 11 is 0. The summed E-state index contributed by atoms with van der Waals surface area (Å²) < 4.78 is 10.8. The largest absolute Gasteiger partial charge is 0.356 e. The lowest BCUT2D eigenvalue weighted by atomic mass is 10.0. The highest BCUT2D eigenvalue weighted by molar-refractivity contribution is 5.00. The molecule has 0 aliphatic carbocycles. The Bertz CT molecular complexity index is 154. The summed E-state index contributed by atoms with van der Waals surface area (Å²) in [4.78, 5) is 0. The van der Waals surface area contributed by atoms with Crippen molar-refractivity contribution in [1.82, 2.24) is 0 Å². The lowest BCUT2D eigenvalue weighted by molar-refractivity contribution is -0.168. The van der Waals surface area contributed by atoms with Crippen molar-refractivity contribution in [2.45, 2.75) is 45.0 Å². The first-order chi connectivity index (χ1) is 5.76. The number of rotatable bonds is 3. The zero-order valence-corrected chi connectivity index (χ0v) is 8.01. The van der Waals surface area contributed by atoms with Crippen LogP contribution in [0.2, 0.25) is 0 Å². The van der Waals surface area contributed by atoms with E-state index in [2.05, 4.69) is 13.5 Å². The van der Waals surface area contributed by atoms with Crippen LogP contribution in [0.3, 0.4) is 0 Å². The molecule has 0 aromatic rings. The number of hydrogen-bond donors (Lipinski definition) is 0. The van der Waals surface area contributed by atoms with Crippen LogP contribution in [0.4, 0.5) is 0 Å². The Balaban J connectivity index is 2.39. The molecular formula is C10H18O2. The molecule has 1 heterocycles. The molecule has 0 spiro atoms. The fourth-order valence-corrected chi connectivity index (χ4v) is 1.58. The van der Waals surface area contributed by atoms with E-state index in [9.17, 15) is 0 Å². The molecule has 1 saturated heterocycles. The molecule has 2 nitrogen and oxygen atoms in total. The topological polar surface area (TPSA) is 18.5 Å². The van der Waals surface area contributed by atoms with E-state index in [1.165, 1.54) is 5.57 Å². The van der Waals surface area contributed by atoms with E-state index in [1.54, 1.807) is 7.11 Å². The predicted octanol–water partition coefficient (Wildman–Crippen LogP) is 2.49. The minimum Gasteiger partial charge on any atom is -0.356 e. The van der Waals surface area contributed by atoms with E-state index in [0.29, 0.717) is 6.10 Å². The van der Waals surface area contributed by atoms with Crippen molar-refractivity contribution in [3.8, 4) is 0 Å². The highest BCUT2D eigenvalue weighted by Crippen LogP contribution is 2.25. The maximum Gasteiger partial charge on any atom is 0.161 e. The second-order valence-corrected chi connectivity index (χ2v) is 3.37. The van der Waals surface area contributed by atoms with Crippen molar-refractivity contribution in [2.24, 2.45) is 0 Å². The molecule has 0 aromatic heterocycles. The summed E-state index contributed by atoms with van der Waals surface area (Å²) in [5.41, 5.74) is 1.26. The monoisotopic (exact) mass is 170 g/mol. The molecule has 2 heteroatoms. The Morgan fingerprint density at radius 2 is 2.33 bits per heavy atom. The van der Waals surface area contributed by atoms with Crippen LogP contribution in [0.25, 0.3) is 0 Å². The van der Waals surface area contributed by atoms with Gasteiger partial charge in [-0.15, -0.1) is 0 Å². The molecule has 0 N–H and O–H groups in total. The normalized spacial score (nSPS) is 30.7. The van der Waals surface area contributed by atoms with Gasteiger partial charge in [-0.1, -0.05) is 25.5 Å². The lowest BCUT2D eigenvalue weighted by Gasteiger charge is -2.30. The molecule has 0 saturated carbocycles. The van der Waals surface area contributed by atoms with Gasteiger partial charge in [0.2, 0.25) is 0 Å². The van der Waals surface area contributed by atoms with E-state index < -0.39 is 0 Å². The van der Waals surface area contributed by atoms with Crippen molar-refractivity contribution < 1.29 is 9.47 Å². The van der Waals surface area contributed by atoms with Crippen molar-refractivity contribution in [3.63, 3.8) is 0 Å². The molecule has 70 valence electrons. The van der Waals surface area contributed by atoms with Crippen LogP contribution in [0.5, 0.6) is 0 Å². The zero-order valence-electron chi connectivity index (χ0n) is 8.01. The lowest BCUT2D eigenvalue weighted by Crippen LogP contribution is -2.29. The summed E-state index contributed by atoms with van der Waals surface area (Å²) in [6.45, 7) is 6.15. The average molecular weight is 170 g/mol. The molecule has 1 fully saturated rings. The maximum atomic E-state index is 5.66. The number of methoxy groups -OCH3 is 1. The summed E-state index contributed by atoms with van der Waals surface area (Å²) in [5.74, 6) is 0. The summed E-state index contributed by atoms with van der Waals surface area (Å²) in [7, 11) is 1.69. The maximum absolute atomic E-state index is 5.66. The fourth-order valence-electron chi connectivity index (χ4n) is 1.58. The molecular weight excluding hydrogens is 152 g/mol. The van der Waals surface area contributed by atoms with Gasteiger partial charge >= 0.3 is 0 Å². The van der Waals surface area contributed by atoms with E-state index >= 15 is 0 Å². The van der Waals surface area contributed by atoms with Gasteiger partial charge in [-0.25, -0.2) is 0 Å². The number of ether oxygens (including phenoxy) is 2. The van der Waals surface area contributed by atoms with Crippen molar-refractivity contribution in [1.29, 1.82) is 0 Å². The highest BCUT2D eigenvalue weighted by Gasteiger charge is 2.23. The first-order valence-corrected chi connectivity index (χ1v) is 4.61. The Morgan fingerprint density at radius 1 is 1.58 bits per heavy atom. The second kappa shape index (κ2) is 4.63. The van der Waals surface area contributed by atoms with E-state index in [4.69, 9.17) is 9.47 Å². The quantitative estimate of drug-likeness (QED) is 0.606. The van der Waals surface area contributed by atoms with Gasteiger partial charge in [0.1, 0.15) is 0 Å². The van der Waals surface area contributed by atoms with Gasteiger partial charge in [0, 0.05) is 13.5 Å². The summed E-state index contributed by atoms with van der Waals surface area (Å²) in [5, 5.41) is 0. The van der Waals surface area contributed by atoms with Gasteiger partial charge in [0.05, 0.1) is 6.10 Å². The number of hydrogen-bond acceptors (Lipinski definition) is 2. The second-order valence-electron chi connectivity index (χ2n) is 3.37. The minimum atomic E-state index is -0.0530. The Morgan fingerprint density at radius 3 is 2.92 bits per heavy atom. The molecule has 1 aliphatic rings. The van der Waals surface area contributed by atoms with E-state index in [-0.39, 0.29) is 6.29 Å². The molecule has 12 heavy (non-hydrogen) atoms. The SMILES string of the molecule is C=C1CC(OC)O[C@H](CCC)C1. The first kappa shape index (κ1) is 9.75. The molecule has 0 radical (unpaired) electrons. The van der Waals surface area contributed by atoms with Gasteiger partial charge in [-0.05, 0) is 12.8 Å². The third-order valence-corrected chi connectivity index (χ3v) is 2.19. The molecule has 1 unspecified atom stereocenters. The fraction of sp³-hybridized carbons (Fsp3) is 0.800. The van der Waals surface area contributed by atoms with Crippen LogP contribution < -0.4 is 0 Å². The molecule has 1 rings (SSSR count).